The Morgan fingerprint density at radius 3 is 1.40 bits per heavy atom. The molecular weight excluding hydrogens is 248 g/mol. The summed E-state index contributed by atoms with van der Waals surface area (Å²) in [6.07, 6.45) is 19.3. The van der Waals surface area contributed by atoms with Gasteiger partial charge in [-0.25, -0.2) is 0 Å². The molecule has 0 amide bonds. The first kappa shape index (κ1) is 19.6. The molecule has 0 aliphatic carbocycles. The zero-order valence-electron chi connectivity index (χ0n) is 13.6. The third-order valence-corrected chi connectivity index (χ3v) is 4.01. The fourth-order valence-electron chi connectivity index (χ4n) is 2.62. The van der Waals surface area contributed by atoms with Crippen LogP contribution in [0.25, 0.3) is 0 Å². The van der Waals surface area contributed by atoms with E-state index in [0.717, 1.165) is 12.8 Å². The van der Waals surface area contributed by atoms with Crippen molar-refractivity contribution in [1.29, 1.82) is 0 Å². The van der Waals surface area contributed by atoms with E-state index in [1.165, 1.54) is 77.0 Å². The highest BCUT2D eigenvalue weighted by Crippen LogP contribution is 2.13. The summed E-state index contributed by atoms with van der Waals surface area (Å²) in [4.78, 5) is 10.2. The van der Waals surface area contributed by atoms with Crippen LogP contribution in [0.1, 0.15) is 103 Å². The van der Waals surface area contributed by atoms with E-state index < -0.39 is 6.10 Å². The van der Waals surface area contributed by atoms with E-state index in [1.54, 1.807) is 0 Å². The predicted molar refractivity (Wildman–Crippen MR) is 87.0 cm³/mol. The molecule has 0 rings (SSSR count). The normalized spacial score (nSPS) is 12.5. The van der Waals surface area contributed by atoms with Crippen LogP contribution in [-0.2, 0) is 4.79 Å². The number of unbranched alkanes of at least 4 members (excludes halogenated alkanes) is 13. The van der Waals surface area contributed by atoms with Crippen LogP contribution in [0, 0.1) is 0 Å². The largest absolute Gasteiger partial charge is 0.386 e. The second-order valence-electron chi connectivity index (χ2n) is 6.09. The van der Waals surface area contributed by atoms with E-state index in [-0.39, 0.29) is 0 Å². The molecule has 2 nitrogen and oxygen atoms in total. The lowest BCUT2D eigenvalue weighted by Crippen LogP contribution is -2.06. The summed E-state index contributed by atoms with van der Waals surface area (Å²) in [6.45, 7) is 2.27. The average molecular weight is 284 g/mol. The maximum absolute atomic E-state index is 10.2. The van der Waals surface area contributed by atoms with Crippen molar-refractivity contribution in [3.63, 3.8) is 0 Å². The molecule has 0 saturated heterocycles. The van der Waals surface area contributed by atoms with Crippen LogP contribution in [-0.4, -0.2) is 17.5 Å². The lowest BCUT2D eigenvalue weighted by Gasteiger charge is -2.04. The standard InChI is InChI=1S/C18H36O2/c1-2-3-4-5-6-7-8-9-10-11-12-13-14-15-16-18(20)17-19/h17-18,20H,2-16H2,1H3. The van der Waals surface area contributed by atoms with Crippen molar-refractivity contribution in [2.45, 2.75) is 109 Å². The van der Waals surface area contributed by atoms with Crippen LogP contribution in [0.15, 0.2) is 0 Å². The average Bonchev–Trinajstić information content (AvgIpc) is 2.47. The van der Waals surface area contributed by atoms with Crippen LogP contribution in [0.3, 0.4) is 0 Å². The van der Waals surface area contributed by atoms with Gasteiger partial charge in [0, 0.05) is 0 Å². The highest BCUT2D eigenvalue weighted by Gasteiger charge is 2.00. The number of rotatable bonds is 16. The van der Waals surface area contributed by atoms with Gasteiger partial charge < -0.3 is 9.90 Å². The Labute approximate surface area is 126 Å². The molecule has 0 aromatic heterocycles. The van der Waals surface area contributed by atoms with Gasteiger partial charge in [0.05, 0.1) is 0 Å². The zero-order valence-corrected chi connectivity index (χ0v) is 13.6. The Balaban J connectivity index is 2.97. The highest BCUT2D eigenvalue weighted by atomic mass is 16.3. The van der Waals surface area contributed by atoms with Crippen molar-refractivity contribution in [1.82, 2.24) is 0 Å². The first-order valence-electron chi connectivity index (χ1n) is 8.94. The maximum Gasteiger partial charge on any atom is 0.148 e. The lowest BCUT2D eigenvalue weighted by atomic mass is 10.0. The SMILES string of the molecule is CCCCCCCCCCCCCCCCC(O)C=O. The van der Waals surface area contributed by atoms with Gasteiger partial charge in [0.2, 0.25) is 0 Å². The number of carbonyl (C=O) groups excluding carboxylic acids is 1. The Morgan fingerprint density at radius 1 is 0.700 bits per heavy atom. The molecule has 120 valence electrons. The van der Waals surface area contributed by atoms with Gasteiger partial charge in [-0.2, -0.15) is 0 Å². The fourth-order valence-corrected chi connectivity index (χ4v) is 2.62. The van der Waals surface area contributed by atoms with E-state index in [9.17, 15) is 4.79 Å². The van der Waals surface area contributed by atoms with Crippen molar-refractivity contribution in [2.24, 2.45) is 0 Å². The van der Waals surface area contributed by atoms with Crippen molar-refractivity contribution in [3.05, 3.63) is 0 Å². The zero-order chi connectivity index (χ0) is 14.9. The summed E-state index contributed by atoms with van der Waals surface area (Å²) in [5, 5.41) is 9.08. The number of hydrogen-bond acceptors (Lipinski definition) is 2. The highest BCUT2D eigenvalue weighted by molar-refractivity contribution is 5.55. The van der Waals surface area contributed by atoms with E-state index in [4.69, 9.17) is 5.11 Å². The number of carbonyl (C=O) groups is 1. The van der Waals surface area contributed by atoms with Gasteiger partial charge in [-0.1, -0.05) is 96.8 Å². The van der Waals surface area contributed by atoms with Crippen molar-refractivity contribution in [2.75, 3.05) is 0 Å². The molecule has 1 atom stereocenters. The van der Waals surface area contributed by atoms with Gasteiger partial charge in [-0.3, -0.25) is 0 Å². The Kier molecular flexibility index (Phi) is 16.4. The Hall–Kier alpha value is -0.370. The molecule has 0 spiro atoms. The summed E-state index contributed by atoms with van der Waals surface area (Å²) in [5.41, 5.74) is 0. The van der Waals surface area contributed by atoms with Crippen LogP contribution >= 0.6 is 0 Å². The molecule has 0 aromatic rings. The summed E-state index contributed by atoms with van der Waals surface area (Å²) in [7, 11) is 0. The van der Waals surface area contributed by atoms with Gasteiger partial charge in [-0.15, -0.1) is 0 Å². The molecular formula is C18H36O2. The van der Waals surface area contributed by atoms with Crippen LogP contribution in [0.2, 0.25) is 0 Å². The minimum absolute atomic E-state index is 0.640. The second kappa shape index (κ2) is 16.7. The van der Waals surface area contributed by atoms with Gasteiger partial charge in [0.1, 0.15) is 12.4 Å². The van der Waals surface area contributed by atoms with Crippen LogP contribution < -0.4 is 0 Å². The number of aldehydes is 1. The van der Waals surface area contributed by atoms with E-state index in [2.05, 4.69) is 6.92 Å². The van der Waals surface area contributed by atoms with Crippen molar-refractivity contribution >= 4 is 6.29 Å². The lowest BCUT2D eigenvalue weighted by molar-refractivity contribution is -0.115. The molecule has 0 heterocycles. The maximum atomic E-state index is 10.2. The summed E-state index contributed by atoms with van der Waals surface area (Å²) >= 11 is 0. The quantitative estimate of drug-likeness (QED) is 0.303. The first-order chi connectivity index (χ1) is 9.81. The third-order valence-electron chi connectivity index (χ3n) is 4.01. The molecule has 1 unspecified atom stereocenters. The fraction of sp³-hybridized carbons (Fsp3) is 0.944. The van der Waals surface area contributed by atoms with Crippen molar-refractivity contribution < 1.29 is 9.90 Å². The van der Waals surface area contributed by atoms with Crippen molar-refractivity contribution in [3.8, 4) is 0 Å². The molecule has 2 heteroatoms. The summed E-state index contributed by atoms with van der Waals surface area (Å²) < 4.78 is 0. The molecule has 20 heavy (non-hydrogen) atoms. The number of aliphatic hydroxyl groups excluding tert-OH is 1. The molecule has 0 aromatic carbocycles. The summed E-state index contributed by atoms with van der Waals surface area (Å²) in [6, 6.07) is 0. The van der Waals surface area contributed by atoms with Gasteiger partial charge >= 0.3 is 0 Å². The Morgan fingerprint density at radius 2 is 1.05 bits per heavy atom. The molecule has 0 radical (unpaired) electrons. The van der Waals surface area contributed by atoms with Crippen LogP contribution in [0.5, 0.6) is 0 Å². The van der Waals surface area contributed by atoms with Crippen LogP contribution in [0.4, 0.5) is 0 Å². The van der Waals surface area contributed by atoms with Gasteiger partial charge in [0.25, 0.3) is 0 Å². The second-order valence-corrected chi connectivity index (χ2v) is 6.09. The molecule has 0 saturated carbocycles. The molecule has 0 aliphatic heterocycles. The van der Waals surface area contributed by atoms with E-state index in [1.807, 2.05) is 0 Å². The Bertz CT molecular complexity index is 192. The molecule has 1 N–H and O–H groups in total. The van der Waals surface area contributed by atoms with E-state index >= 15 is 0 Å². The van der Waals surface area contributed by atoms with Gasteiger partial charge in [-0.05, 0) is 6.42 Å². The monoisotopic (exact) mass is 284 g/mol. The smallest absolute Gasteiger partial charge is 0.148 e. The first-order valence-corrected chi connectivity index (χ1v) is 8.94. The predicted octanol–water partition coefficient (Wildman–Crippen LogP) is 5.42. The molecule has 0 aliphatic rings. The number of aliphatic hydroxyl groups is 1. The topological polar surface area (TPSA) is 37.3 Å². The number of hydrogen-bond donors (Lipinski definition) is 1. The molecule has 0 fully saturated rings. The minimum atomic E-state index is -0.729. The van der Waals surface area contributed by atoms with Gasteiger partial charge in [0.15, 0.2) is 0 Å². The molecule has 0 bridgehead atoms. The summed E-state index contributed by atoms with van der Waals surface area (Å²) in [5.74, 6) is 0. The minimum Gasteiger partial charge on any atom is -0.386 e. The third kappa shape index (κ3) is 15.7. The van der Waals surface area contributed by atoms with E-state index in [0.29, 0.717) is 12.7 Å².